The van der Waals surface area contributed by atoms with Crippen molar-refractivity contribution in [2.24, 2.45) is 0 Å². The first-order valence-electron chi connectivity index (χ1n) is 6.28. The van der Waals surface area contributed by atoms with Crippen molar-refractivity contribution in [1.82, 2.24) is 5.32 Å². The Morgan fingerprint density at radius 3 is 2.45 bits per heavy atom. The van der Waals surface area contributed by atoms with Crippen LogP contribution in [-0.2, 0) is 4.79 Å². The van der Waals surface area contributed by atoms with Gasteiger partial charge in [-0.2, -0.15) is 0 Å². The summed E-state index contributed by atoms with van der Waals surface area (Å²) in [7, 11) is 0. The van der Waals surface area contributed by atoms with Gasteiger partial charge in [-0.25, -0.2) is 4.39 Å². The van der Waals surface area contributed by atoms with E-state index >= 15 is 0 Å². The Kier molecular flexibility index (Phi) is 5.11. The molecule has 0 atom stereocenters. The SMILES string of the molecule is O=C(CNC(=O)c1ccc(F)cc1)Nc1ccc(Br)cc1O. The number of rotatable bonds is 4. The zero-order valence-corrected chi connectivity index (χ0v) is 12.9. The standard InChI is InChI=1S/C15H12BrFN2O3/c16-10-3-6-12(13(20)7-10)19-14(21)8-18-15(22)9-1-4-11(17)5-2-9/h1-7,20H,8H2,(H,18,22)(H,19,21). The van der Waals surface area contributed by atoms with E-state index in [9.17, 15) is 19.1 Å². The molecule has 0 radical (unpaired) electrons. The van der Waals surface area contributed by atoms with E-state index in [0.29, 0.717) is 4.47 Å². The number of carbonyl (C=O) groups is 2. The first kappa shape index (κ1) is 16.0. The third kappa shape index (κ3) is 4.29. The summed E-state index contributed by atoms with van der Waals surface area (Å²) in [6.45, 7) is -0.272. The van der Waals surface area contributed by atoms with Gasteiger partial charge in [-0.3, -0.25) is 9.59 Å². The lowest BCUT2D eigenvalue weighted by Gasteiger charge is -2.08. The minimum absolute atomic E-state index is 0.0902. The van der Waals surface area contributed by atoms with E-state index in [-0.39, 0.29) is 23.5 Å². The number of halogens is 2. The van der Waals surface area contributed by atoms with E-state index in [1.54, 1.807) is 6.07 Å². The summed E-state index contributed by atoms with van der Waals surface area (Å²) < 4.78 is 13.4. The fourth-order valence-electron chi connectivity index (χ4n) is 1.67. The van der Waals surface area contributed by atoms with Crippen LogP contribution in [0.1, 0.15) is 10.4 Å². The number of phenolic OH excluding ortho intramolecular Hbond substituents is 1. The lowest BCUT2D eigenvalue weighted by Crippen LogP contribution is -2.32. The number of carbonyl (C=O) groups excluding carboxylic acids is 2. The van der Waals surface area contributed by atoms with Gasteiger partial charge in [-0.05, 0) is 42.5 Å². The molecular weight excluding hydrogens is 355 g/mol. The molecule has 2 amide bonds. The number of aromatic hydroxyl groups is 1. The molecule has 2 aromatic carbocycles. The summed E-state index contributed by atoms with van der Waals surface area (Å²) in [5.74, 6) is -1.52. The highest BCUT2D eigenvalue weighted by atomic mass is 79.9. The van der Waals surface area contributed by atoms with Crippen LogP contribution >= 0.6 is 15.9 Å². The maximum atomic E-state index is 12.7. The van der Waals surface area contributed by atoms with Crippen molar-refractivity contribution < 1.29 is 19.1 Å². The molecule has 0 aliphatic heterocycles. The Morgan fingerprint density at radius 2 is 1.82 bits per heavy atom. The summed E-state index contributed by atoms with van der Waals surface area (Å²) in [4.78, 5) is 23.5. The predicted octanol–water partition coefficient (Wildman–Crippen LogP) is 2.66. The third-order valence-electron chi connectivity index (χ3n) is 2.75. The molecule has 0 heterocycles. The molecule has 0 bridgehead atoms. The molecule has 114 valence electrons. The number of amides is 2. The van der Waals surface area contributed by atoms with Gasteiger partial charge in [-0.1, -0.05) is 15.9 Å². The van der Waals surface area contributed by atoms with Gasteiger partial charge in [0, 0.05) is 10.0 Å². The Hall–Kier alpha value is -2.41. The van der Waals surface area contributed by atoms with Crippen molar-refractivity contribution >= 4 is 33.4 Å². The zero-order valence-electron chi connectivity index (χ0n) is 11.3. The molecule has 7 heteroatoms. The highest BCUT2D eigenvalue weighted by Crippen LogP contribution is 2.26. The Morgan fingerprint density at radius 1 is 1.14 bits per heavy atom. The molecule has 0 saturated heterocycles. The van der Waals surface area contributed by atoms with E-state index in [4.69, 9.17) is 0 Å². The van der Waals surface area contributed by atoms with Crippen molar-refractivity contribution in [1.29, 1.82) is 0 Å². The zero-order chi connectivity index (χ0) is 16.1. The number of anilines is 1. The van der Waals surface area contributed by atoms with Crippen LogP contribution < -0.4 is 10.6 Å². The van der Waals surface area contributed by atoms with Gasteiger partial charge in [-0.15, -0.1) is 0 Å². The van der Waals surface area contributed by atoms with Crippen molar-refractivity contribution in [3.05, 3.63) is 58.3 Å². The molecule has 0 spiro atoms. The van der Waals surface area contributed by atoms with Gasteiger partial charge in [0.15, 0.2) is 0 Å². The number of hydrogen-bond acceptors (Lipinski definition) is 3. The van der Waals surface area contributed by atoms with Gasteiger partial charge in [0.1, 0.15) is 11.6 Å². The average molecular weight is 367 g/mol. The number of phenols is 1. The number of benzene rings is 2. The second-order valence-corrected chi connectivity index (χ2v) is 5.31. The van der Waals surface area contributed by atoms with Crippen LogP contribution in [0, 0.1) is 5.82 Å². The minimum atomic E-state index is -0.493. The quantitative estimate of drug-likeness (QED) is 0.727. The Bertz CT molecular complexity index is 704. The highest BCUT2D eigenvalue weighted by molar-refractivity contribution is 9.10. The van der Waals surface area contributed by atoms with Crippen LogP contribution in [0.3, 0.4) is 0 Å². The first-order valence-corrected chi connectivity index (χ1v) is 7.07. The molecule has 0 saturated carbocycles. The molecule has 0 fully saturated rings. The smallest absolute Gasteiger partial charge is 0.251 e. The van der Waals surface area contributed by atoms with Crippen molar-refractivity contribution in [3.8, 4) is 5.75 Å². The van der Waals surface area contributed by atoms with Crippen molar-refractivity contribution in [2.75, 3.05) is 11.9 Å². The molecule has 0 aliphatic rings. The molecule has 0 aromatic heterocycles. The lowest BCUT2D eigenvalue weighted by atomic mass is 10.2. The van der Waals surface area contributed by atoms with Gasteiger partial charge in [0.25, 0.3) is 5.91 Å². The van der Waals surface area contributed by atoms with E-state index in [0.717, 1.165) is 12.1 Å². The summed E-state index contributed by atoms with van der Waals surface area (Å²) in [6.07, 6.45) is 0. The normalized spacial score (nSPS) is 10.1. The number of nitrogens with one attached hydrogen (secondary N) is 2. The summed E-state index contributed by atoms with van der Waals surface area (Å²) >= 11 is 3.19. The van der Waals surface area contributed by atoms with Crippen LogP contribution in [0.25, 0.3) is 0 Å². The molecule has 5 nitrogen and oxygen atoms in total. The molecule has 2 rings (SSSR count). The minimum Gasteiger partial charge on any atom is -0.506 e. The molecule has 0 unspecified atom stereocenters. The summed E-state index contributed by atoms with van der Waals surface area (Å²) in [6, 6.07) is 9.59. The fourth-order valence-corrected chi connectivity index (χ4v) is 2.02. The molecule has 3 N–H and O–H groups in total. The van der Waals surface area contributed by atoms with E-state index in [1.807, 2.05) is 0 Å². The molecular formula is C15H12BrFN2O3. The average Bonchev–Trinajstić information content (AvgIpc) is 2.48. The summed E-state index contributed by atoms with van der Waals surface area (Å²) in [5.41, 5.74) is 0.491. The lowest BCUT2D eigenvalue weighted by molar-refractivity contribution is -0.115. The fraction of sp³-hybridized carbons (Fsp3) is 0.0667. The van der Waals surface area contributed by atoms with Gasteiger partial charge >= 0.3 is 0 Å². The maximum Gasteiger partial charge on any atom is 0.251 e. The predicted molar refractivity (Wildman–Crippen MR) is 83.2 cm³/mol. The van der Waals surface area contributed by atoms with Gasteiger partial charge in [0.05, 0.1) is 12.2 Å². The summed E-state index contributed by atoms with van der Waals surface area (Å²) in [5, 5.41) is 14.5. The highest BCUT2D eigenvalue weighted by Gasteiger charge is 2.10. The van der Waals surface area contributed by atoms with Gasteiger partial charge in [0.2, 0.25) is 5.91 Å². The first-order chi connectivity index (χ1) is 10.5. The maximum absolute atomic E-state index is 12.7. The van der Waals surface area contributed by atoms with Crippen LogP contribution in [0.15, 0.2) is 46.9 Å². The van der Waals surface area contributed by atoms with Gasteiger partial charge < -0.3 is 15.7 Å². The van der Waals surface area contributed by atoms with Crippen LogP contribution in [0.2, 0.25) is 0 Å². The second kappa shape index (κ2) is 7.04. The van der Waals surface area contributed by atoms with E-state index in [1.165, 1.54) is 24.3 Å². The largest absolute Gasteiger partial charge is 0.506 e. The van der Waals surface area contributed by atoms with Crippen LogP contribution in [-0.4, -0.2) is 23.5 Å². The third-order valence-corrected chi connectivity index (χ3v) is 3.24. The van der Waals surface area contributed by atoms with Crippen molar-refractivity contribution in [3.63, 3.8) is 0 Å². The van der Waals surface area contributed by atoms with E-state index in [2.05, 4.69) is 26.6 Å². The monoisotopic (exact) mass is 366 g/mol. The second-order valence-electron chi connectivity index (χ2n) is 4.40. The molecule has 22 heavy (non-hydrogen) atoms. The Balaban J connectivity index is 1.89. The van der Waals surface area contributed by atoms with Crippen molar-refractivity contribution in [2.45, 2.75) is 0 Å². The molecule has 2 aromatic rings. The topological polar surface area (TPSA) is 78.4 Å². The molecule has 0 aliphatic carbocycles. The Labute approximate surface area is 134 Å². The number of hydrogen-bond donors (Lipinski definition) is 3. The van der Waals surface area contributed by atoms with E-state index < -0.39 is 17.6 Å². The van der Waals surface area contributed by atoms with Crippen LogP contribution in [0.5, 0.6) is 5.75 Å². The van der Waals surface area contributed by atoms with Crippen LogP contribution in [0.4, 0.5) is 10.1 Å².